The minimum absolute atomic E-state index is 0.0165. The Hall–Kier alpha value is -2.69. The van der Waals surface area contributed by atoms with Crippen LogP contribution in [0.2, 0.25) is 0 Å². The fourth-order valence-corrected chi connectivity index (χ4v) is 1.99. The molecular weight excluding hydrogens is 311 g/mol. The van der Waals surface area contributed by atoms with Crippen molar-refractivity contribution in [3.63, 3.8) is 0 Å². The van der Waals surface area contributed by atoms with Gasteiger partial charge in [0.1, 0.15) is 12.4 Å². The van der Waals surface area contributed by atoms with Gasteiger partial charge in [-0.15, -0.1) is 0 Å². The van der Waals surface area contributed by atoms with E-state index in [9.17, 15) is 14.0 Å². The van der Waals surface area contributed by atoms with Gasteiger partial charge in [-0.25, -0.2) is 14.0 Å². The molecule has 2 aromatic carbocycles. The highest BCUT2D eigenvalue weighted by Gasteiger charge is 2.11. The van der Waals surface area contributed by atoms with Crippen molar-refractivity contribution in [2.45, 2.75) is 26.4 Å². The molecular formula is C19H19FO4. The van der Waals surface area contributed by atoms with Crippen molar-refractivity contribution in [3.8, 4) is 0 Å². The predicted molar refractivity (Wildman–Crippen MR) is 87.2 cm³/mol. The maximum absolute atomic E-state index is 13.1. The van der Waals surface area contributed by atoms with Crippen molar-refractivity contribution < 1.29 is 23.5 Å². The molecule has 0 fully saturated rings. The topological polar surface area (TPSA) is 52.6 Å². The first kappa shape index (κ1) is 17.7. The molecule has 0 saturated heterocycles. The fourth-order valence-electron chi connectivity index (χ4n) is 1.99. The van der Waals surface area contributed by atoms with Gasteiger partial charge in [0.25, 0.3) is 0 Å². The van der Waals surface area contributed by atoms with Gasteiger partial charge in [-0.1, -0.05) is 25.5 Å². The number of halogens is 1. The summed E-state index contributed by atoms with van der Waals surface area (Å²) < 4.78 is 23.3. The summed E-state index contributed by atoms with van der Waals surface area (Å²) >= 11 is 0. The summed E-state index contributed by atoms with van der Waals surface area (Å²) in [5.41, 5.74) is 1.27. The van der Waals surface area contributed by atoms with Crippen molar-refractivity contribution in [2.75, 3.05) is 6.61 Å². The van der Waals surface area contributed by atoms with Gasteiger partial charge in [-0.05, 0) is 48.4 Å². The highest BCUT2D eigenvalue weighted by Crippen LogP contribution is 2.10. The summed E-state index contributed by atoms with van der Waals surface area (Å²) in [4.78, 5) is 23.7. The molecule has 0 N–H and O–H groups in total. The van der Waals surface area contributed by atoms with Crippen LogP contribution in [0.15, 0.2) is 48.5 Å². The lowest BCUT2D eigenvalue weighted by Gasteiger charge is -2.07. The van der Waals surface area contributed by atoms with Crippen LogP contribution in [0.3, 0.4) is 0 Å². The summed E-state index contributed by atoms with van der Waals surface area (Å²) in [7, 11) is 0. The van der Waals surface area contributed by atoms with Gasteiger partial charge in [-0.3, -0.25) is 0 Å². The normalized spacial score (nSPS) is 10.2. The highest BCUT2D eigenvalue weighted by atomic mass is 19.1. The van der Waals surface area contributed by atoms with E-state index < -0.39 is 11.9 Å². The van der Waals surface area contributed by atoms with Crippen molar-refractivity contribution in [3.05, 3.63) is 71.0 Å². The molecule has 0 aliphatic heterocycles. The molecule has 0 aromatic heterocycles. The van der Waals surface area contributed by atoms with Crippen LogP contribution in [0.25, 0.3) is 0 Å². The number of hydrogen-bond donors (Lipinski definition) is 0. The summed E-state index contributed by atoms with van der Waals surface area (Å²) in [6, 6.07) is 11.9. The molecule has 0 heterocycles. The number of carbonyl (C=O) groups excluding carboxylic acids is 2. The maximum Gasteiger partial charge on any atom is 0.338 e. The number of benzene rings is 2. The van der Waals surface area contributed by atoms with E-state index >= 15 is 0 Å². The Morgan fingerprint density at radius 1 is 0.958 bits per heavy atom. The van der Waals surface area contributed by atoms with Gasteiger partial charge in [0.05, 0.1) is 17.7 Å². The van der Waals surface area contributed by atoms with Crippen LogP contribution >= 0.6 is 0 Å². The van der Waals surface area contributed by atoms with Crippen LogP contribution in [-0.2, 0) is 16.1 Å². The number of hydrogen-bond acceptors (Lipinski definition) is 4. The second kappa shape index (κ2) is 8.82. The Balaban J connectivity index is 1.90. The monoisotopic (exact) mass is 330 g/mol. The fraction of sp³-hybridized carbons (Fsp3) is 0.263. The zero-order valence-corrected chi connectivity index (χ0v) is 13.5. The lowest BCUT2D eigenvalue weighted by Crippen LogP contribution is -2.08. The largest absolute Gasteiger partial charge is 0.462 e. The molecule has 24 heavy (non-hydrogen) atoms. The Morgan fingerprint density at radius 3 is 2.17 bits per heavy atom. The van der Waals surface area contributed by atoms with Crippen LogP contribution in [0.4, 0.5) is 4.39 Å². The summed E-state index contributed by atoms with van der Waals surface area (Å²) in [6.45, 7) is 2.38. The molecule has 0 radical (unpaired) electrons. The van der Waals surface area contributed by atoms with Crippen LogP contribution in [-0.4, -0.2) is 18.5 Å². The molecule has 2 rings (SSSR count). The lowest BCUT2D eigenvalue weighted by molar-refractivity contribution is 0.0466. The molecule has 2 aromatic rings. The quantitative estimate of drug-likeness (QED) is 0.565. The highest BCUT2D eigenvalue weighted by molar-refractivity contribution is 5.93. The second-order valence-corrected chi connectivity index (χ2v) is 5.27. The zero-order chi connectivity index (χ0) is 17.4. The SMILES string of the molecule is CCCCOC(=O)c1ccc(C(=O)OCc2cccc(F)c2)cc1. The van der Waals surface area contributed by atoms with Gasteiger partial charge < -0.3 is 9.47 Å². The molecule has 0 bridgehead atoms. The average molecular weight is 330 g/mol. The molecule has 0 spiro atoms. The van der Waals surface area contributed by atoms with Crippen molar-refractivity contribution in [2.24, 2.45) is 0 Å². The van der Waals surface area contributed by atoms with Gasteiger partial charge in [-0.2, -0.15) is 0 Å². The summed E-state index contributed by atoms with van der Waals surface area (Å²) in [5, 5.41) is 0. The molecule has 0 unspecified atom stereocenters. The number of rotatable bonds is 7. The summed E-state index contributed by atoms with van der Waals surface area (Å²) in [6.07, 6.45) is 1.76. The van der Waals surface area contributed by atoms with E-state index in [2.05, 4.69) is 0 Å². The second-order valence-electron chi connectivity index (χ2n) is 5.27. The lowest BCUT2D eigenvalue weighted by atomic mass is 10.1. The van der Waals surface area contributed by atoms with Crippen LogP contribution in [0, 0.1) is 5.82 Å². The van der Waals surface area contributed by atoms with Crippen LogP contribution < -0.4 is 0 Å². The molecule has 0 atom stereocenters. The van der Waals surface area contributed by atoms with Crippen LogP contribution in [0.1, 0.15) is 46.0 Å². The van der Waals surface area contributed by atoms with Gasteiger partial charge in [0, 0.05) is 0 Å². The van der Waals surface area contributed by atoms with E-state index in [1.165, 1.54) is 36.4 Å². The third kappa shape index (κ3) is 5.19. The number of carbonyl (C=O) groups is 2. The first-order valence-electron chi connectivity index (χ1n) is 7.79. The van der Waals surface area contributed by atoms with E-state index in [0.717, 1.165) is 12.8 Å². The van der Waals surface area contributed by atoms with E-state index in [4.69, 9.17) is 9.47 Å². The molecule has 4 nitrogen and oxygen atoms in total. The van der Waals surface area contributed by atoms with E-state index in [-0.39, 0.29) is 12.4 Å². The third-order valence-electron chi connectivity index (χ3n) is 3.35. The van der Waals surface area contributed by atoms with Gasteiger partial charge in [0.15, 0.2) is 0 Å². The minimum Gasteiger partial charge on any atom is -0.462 e. The van der Waals surface area contributed by atoms with Crippen molar-refractivity contribution in [1.29, 1.82) is 0 Å². The average Bonchev–Trinajstić information content (AvgIpc) is 2.60. The Kier molecular flexibility index (Phi) is 6.49. The minimum atomic E-state index is -0.537. The van der Waals surface area contributed by atoms with Crippen LogP contribution in [0.5, 0.6) is 0 Å². The molecule has 0 amide bonds. The number of esters is 2. The standard InChI is InChI=1S/C19H19FO4/c1-2-3-11-23-18(21)15-7-9-16(10-8-15)19(22)24-13-14-5-4-6-17(20)12-14/h4-10,12H,2-3,11,13H2,1H3. The van der Waals surface area contributed by atoms with E-state index in [1.54, 1.807) is 12.1 Å². The molecule has 0 saturated carbocycles. The van der Waals surface area contributed by atoms with Crippen molar-refractivity contribution >= 4 is 11.9 Å². The molecule has 0 aliphatic rings. The van der Waals surface area contributed by atoms with E-state index in [0.29, 0.717) is 23.3 Å². The Bertz CT molecular complexity index is 695. The molecule has 5 heteroatoms. The van der Waals surface area contributed by atoms with E-state index in [1.807, 2.05) is 6.92 Å². The maximum atomic E-state index is 13.1. The molecule has 0 aliphatic carbocycles. The first-order chi connectivity index (χ1) is 11.6. The Labute approximate surface area is 140 Å². The molecule has 126 valence electrons. The number of unbranched alkanes of at least 4 members (excludes halogenated alkanes) is 1. The smallest absolute Gasteiger partial charge is 0.338 e. The summed E-state index contributed by atoms with van der Waals surface area (Å²) in [5.74, 6) is -1.33. The van der Waals surface area contributed by atoms with Crippen molar-refractivity contribution in [1.82, 2.24) is 0 Å². The number of ether oxygens (including phenoxy) is 2. The predicted octanol–water partition coefficient (Wildman–Crippen LogP) is 4.14. The zero-order valence-electron chi connectivity index (χ0n) is 13.5. The Morgan fingerprint density at radius 2 is 1.58 bits per heavy atom. The third-order valence-corrected chi connectivity index (χ3v) is 3.35. The van der Waals surface area contributed by atoms with Gasteiger partial charge in [0.2, 0.25) is 0 Å². The van der Waals surface area contributed by atoms with Gasteiger partial charge >= 0.3 is 11.9 Å². The first-order valence-corrected chi connectivity index (χ1v) is 7.79.